The third kappa shape index (κ3) is 2.56. The Morgan fingerprint density at radius 1 is 1.14 bits per heavy atom. The molecule has 0 spiro atoms. The number of benzene rings is 1. The number of aryl methyl sites for hydroxylation is 2. The molecule has 3 aromatic rings. The molecule has 1 N–H and O–H groups in total. The number of pyridine rings is 1. The minimum atomic E-state index is -0.935. The van der Waals surface area contributed by atoms with E-state index in [9.17, 15) is 8.78 Å². The molecule has 0 saturated carbocycles. The molecule has 3 rings (SSSR count). The number of anilines is 1. The van der Waals surface area contributed by atoms with E-state index in [0.29, 0.717) is 29.1 Å². The highest BCUT2D eigenvalue weighted by atomic mass is 19.2. The molecule has 6 heteroatoms. The van der Waals surface area contributed by atoms with E-state index in [1.165, 1.54) is 6.07 Å². The van der Waals surface area contributed by atoms with E-state index >= 15 is 0 Å². The van der Waals surface area contributed by atoms with Crippen LogP contribution in [0, 0.1) is 25.5 Å². The summed E-state index contributed by atoms with van der Waals surface area (Å²) in [6.45, 7) is 3.96. The number of fused-ring (bicyclic) bond motifs is 1. The van der Waals surface area contributed by atoms with Gasteiger partial charge in [0.2, 0.25) is 0 Å². The van der Waals surface area contributed by atoms with Gasteiger partial charge in [-0.3, -0.25) is 0 Å². The van der Waals surface area contributed by atoms with Crippen molar-refractivity contribution >= 4 is 16.6 Å². The van der Waals surface area contributed by atoms with E-state index < -0.39 is 11.6 Å². The van der Waals surface area contributed by atoms with E-state index in [0.717, 1.165) is 11.8 Å². The van der Waals surface area contributed by atoms with Crippen molar-refractivity contribution in [3.63, 3.8) is 0 Å². The SMILES string of the molecule is Cc1cc(CNc2cc(C)nc3c(F)c(F)ccc23)on1. The summed E-state index contributed by atoms with van der Waals surface area (Å²) >= 11 is 0. The van der Waals surface area contributed by atoms with Gasteiger partial charge < -0.3 is 9.84 Å². The maximum atomic E-state index is 13.8. The van der Waals surface area contributed by atoms with E-state index in [-0.39, 0.29) is 5.52 Å². The summed E-state index contributed by atoms with van der Waals surface area (Å²) in [5, 5.41) is 7.46. The van der Waals surface area contributed by atoms with Crippen LogP contribution in [0.3, 0.4) is 0 Å². The number of nitrogens with zero attached hydrogens (tertiary/aromatic N) is 2. The molecule has 0 unspecified atom stereocenters. The Labute approximate surface area is 119 Å². The maximum Gasteiger partial charge on any atom is 0.185 e. The van der Waals surface area contributed by atoms with Crippen LogP contribution in [0.2, 0.25) is 0 Å². The molecule has 108 valence electrons. The molecule has 0 saturated heterocycles. The molecular weight excluding hydrogens is 276 g/mol. The number of rotatable bonds is 3. The van der Waals surface area contributed by atoms with Crippen LogP contribution in [0.4, 0.5) is 14.5 Å². The smallest absolute Gasteiger partial charge is 0.185 e. The number of nitrogens with one attached hydrogen (secondary N) is 1. The zero-order chi connectivity index (χ0) is 15.0. The van der Waals surface area contributed by atoms with Crippen molar-refractivity contribution in [2.24, 2.45) is 0 Å². The zero-order valence-electron chi connectivity index (χ0n) is 11.6. The van der Waals surface area contributed by atoms with Gasteiger partial charge >= 0.3 is 0 Å². The Hall–Kier alpha value is -2.50. The molecule has 0 radical (unpaired) electrons. The van der Waals surface area contributed by atoms with Crippen LogP contribution >= 0.6 is 0 Å². The Kier molecular flexibility index (Phi) is 3.29. The van der Waals surface area contributed by atoms with E-state index in [4.69, 9.17) is 4.52 Å². The first-order chi connectivity index (χ1) is 10.0. The van der Waals surface area contributed by atoms with Crippen molar-refractivity contribution in [2.75, 3.05) is 5.32 Å². The second-order valence-electron chi connectivity index (χ2n) is 4.86. The van der Waals surface area contributed by atoms with E-state index in [1.807, 2.05) is 13.0 Å². The highest BCUT2D eigenvalue weighted by Gasteiger charge is 2.12. The fourth-order valence-corrected chi connectivity index (χ4v) is 2.19. The Morgan fingerprint density at radius 2 is 1.95 bits per heavy atom. The van der Waals surface area contributed by atoms with Crippen LogP contribution < -0.4 is 5.32 Å². The van der Waals surface area contributed by atoms with Gasteiger partial charge in [-0.2, -0.15) is 0 Å². The summed E-state index contributed by atoms with van der Waals surface area (Å²) in [7, 11) is 0. The summed E-state index contributed by atoms with van der Waals surface area (Å²) in [6.07, 6.45) is 0. The average Bonchev–Trinajstić information content (AvgIpc) is 2.86. The average molecular weight is 289 g/mol. The lowest BCUT2D eigenvalue weighted by Crippen LogP contribution is -2.02. The number of halogens is 2. The molecule has 4 nitrogen and oxygen atoms in total. The largest absolute Gasteiger partial charge is 0.377 e. The zero-order valence-corrected chi connectivity index (χ0v) is 11.6. The monoisotopic (exact) mass is 289 g/mol. The first-order valence-corrected chi connectivity index (χ1v) is 6.46. The molecule has 0 fully saturated rings. The highest BCUT2D eigenvalue weighted by molar-refractivity contribution is 5.91. The molecule has 0 atom stereocenters. The first kappa shape index (κ1) is 13.5. The Morgan fingerprint density at radius 3 is 2.67 bits per heavy atom. The summed E-state index contributed by atoms with van der Waals surface area (Å²) in [6, 6.07) is 6.19. The molecule has 2 aromatic heterocycles. The van der Waals surface area contributed by atoms with Gasteiger partial charge in [0.1, 0.15) is 5.52 Å². The Bertz CT molecular complexity index is 814. The lowest BCUT2D eigenvalue weighted by Gasteiger charge is -2.10. The maximum absolute atomic E-state index is 13.8. The molecule has 0 aliphatic heterocycles. The van der Waals surface area contributed by atoms with Gasteiger partial charge in [-0.05, 0) is 32.0 Å². The first-order valence-electron chi connectivity index (χ1n) is 6.46. The van der Waals surface area contributed by atoms with Gasteiger partial charge in [0, 0.05) is 22.8 Å². The predicted octanol–water partition coefficient (Wildman–Crippen LogP) is 3.73. The van der Waals surface area contributed by atoms with Crippen LogP contribution in [0.15, 0.2) is 28.8 Å². The summed E-state index contributed by atoms with van der Waals surface area (Å²) in [4.78, 5) is 4.07. The van der Waals surface area contributed by atoms with Crippen LogP contribution in [0.1, 0.15) is 17.1 Å². The van der Waals surface area contributed by atoms with Crippen LogP contribution in [-0.2, 0) is 6.54 Å². The summed E-state index contributed by atoms with van der Waals surface area (Å²) in [5.41, 5.74) is 2.08. The molecule has 0 bridgehead atoms. The molecule has 2 heterocycles. The van der Waals surface area contributed by atoms with Gasteiger partial charge in [-0.25, -0.2) is 13.8 Å². The molecule has 0 aliphatic carbocycles. The molecular formula is C15H13F2N3O. The predicted molar refractivity (Wildman–Crippen MR) is 75.0 cm³/mol. The van der Waals surface area contributed by atoms with Crippen LogP contribution in [0.5, 0.6) is 0 Å². The summed E-state index contributed by atoms with van der Waals surface area (Å²) < 4.78 is 32.2. The lowest BCUT2D eigenvalue weighted by atomic mass is 10.1. The second-order valence-corrected chi connectivity index (χ2v) is 4.86. The van der Waals surface area contributed by atoms with Crippen molar-refractivity contribution in [1.82, 2.24) is 10.1 Å². The van der Waals surface area contributed by atoms with Crippen molar-refractivity contribution in [3.8, 4) is 0 Å². The number of hydrogen-bond acceptors (Lipinski definition) is 4. The quantitative estimate of drug-likeness (QED) is 0.798. The number of hydrogen-bond donors (Lipinski definition) is 1. The van der Waals surface area contributed by atoms with E-state index in [2.05, 4.69) is 15.5 Å². The van der Waals surface area contributed by atoms with Crippen molar-refractivity contribution in [2.45, 2.75) is 20.4 Å². The van der Waals surface area contributed by atoms with Crippen molar-refractivity contribution in [3.05, 3.63) is 53.0 Å². The third-order valence-corrected chi connectivity index (χ3v) is 3.13. The Balaban J connectivity index is 1.99. The molecule has 0 amide bonds. The van der Waals surface area contributed by atoms with E-state index in [1.54, 1.807) is 13.0 Å². The third-order valence-electron chi connectivity index (χ3n) is 3.13. The minimum absolute atomic E-state index is 0.0197. The normalized spacial score (nSPS) is 11.0. The van der Waals surface area contributed by atoms with Crippen LogP contribution in [0.25, 0.3) is 10.9 Å². The van der Waals surface area contributed by atoms with Gasteiger partial charge in [0.15, 0.2) is 17.4 Å². The standard InChI is InChI=1S/C15H13F2N3O/c1-8-6-13(18-7-10-5-9(2)20-21-10)11-3-4-12(16)14(17)15(11)19-8/h3-6H,7H2,1-2H3,(H,18,19). The van der Waals surface area contributed by atoms with Gasteiger partial charge in [-0.1, -0.05) is 5.16 Å². The molecule has 1 aromatic carbocycles. The van der Waals surface area contributed by atoms with Crippen molar-refractivity contribution in [1.29, 1.82) is 0 Å². The van der Waals surface area contributed by atoms with Crippen molar-refractivity contribution < 1.29 is 13.3 Å². The van der Waals surface area contributed by atoms with Gasteiger partial charge in [0.05, 0.1) is 12.2 Å². The topological polar surface area (TPSA) is 51.0 Å². The highest BCUT2D eigenvalue weighted by Crippen LogP contribution is 2.27. The lowest BCUT2D eigenvalue weighted by molar-refractivity contribution is 0.384. The fraction of sp³-hybridized carbons (Fsp3) is 0.200. The molecule has 0 aliphatic rings. The van der Waals surface area contributed by atoms with Gasteiger partial charge in [0.25, 0.3) is 0 Å². The fourth-order valence-electron chi connectivity index (χ4n) is 2.19. The number of aromatic nitrogens is 2. The van der Waals surface area contributed by atoms with Crippen LogP contribution in [-0.4, -0.2) is 10.1 Å². The molecule has 21 heavy (non-hydrogen) atoms. The minimum Gasteiger partial charge on any atom is -0.377 e. The second kappa shape index (κ2) is 5.12. The summed E-state index contributed by atoms with van der Waals surface area (Å²) in [5.74, 6) is -1.18. The van der Waals surface area contributed by atoms with Gasteiger partial charge in [-0.15, -0.1) is 0 Å².